The molecule has 16 heavy (non-hydrogen) atoms. The average molecular weight is 233 g/mol. The average Bonchev–Trinajstić information content (AvgIpc) is 2.24. The van der Waals surface area contributed by atoms with Gasteiger partial charge in [-0.1, -0.05) is 0 Å². The van der Waals surface area contributed by atoms with Crippen molar-refractivity contribution in [1.29, 1.82) is 0 Å². The van der Waals surface area contributed by atoms with Gasteiger partial charge in [-0.05, 0) is 12.8 Å². The van der Waals surface area contributed by atoms with E-state index in [9.17, 15) is 9.59 Å². The molecular weight excluding hydrogens is 214 g/mol. The van der Waals surface area contributed by atoms with Gasteiger partial charge in [-0.15, -0.1) is 0 Å². The lowest BCUT2D eigenvalue weighted by molar-refractivity contribution is -0.122. The molecule has 0 heterocycles. The lowest BCUT2D eigenvalue weighted by Gasteiger charge is -2.11. The Morgan fingerprint density at radius 3 is 2.62 bits per heavy atom. The van der Waals surface area contributed by atoms with Crippen molar-refractivity contribution in [3.05, 3.63) is 0 Å². The number of carbonyl (C=O) groups excluding carboxylic acids is 2. The van der Waals surface area contributed by atoms with Gasteiger partial charge in [-0.3, -0.25) is 4.79 Å². The molecule has 0 fully saturated rings. The standard InChI is InChI=1S/C9H19N3O4/c1-15-5-2-3-7(10)8(13)12-4-6-16-9(11)14/h7H,2-6,10H2,1H3,(H2,11,14)(H,12,13). The summed E-state index contributed by atoms with van der Waals surface area (Å²) in [6.45, 7) is 0.831. The lowest BCUT2D eigenvalue weighted by atomic mass is 10.1. The van der Waals surface area contributed by atoms with Gasteiger partial charge in [0.1, 0.15) is 6.61 Å². The van der Waals surface area contributed by atoms with Gasteiger partial charge in [0.25, 0.3) is 0 Å². The molecule has 1 atom stereocenters. The zero-order valence-electron chi connectivity index (χ0n) is 9.40. The summed E-state index contributed by atoms with van der Waals surface area (Å²) in [6.07, 6.45) is 0.415. The molecule has 2 amide bonds. The van der Waals surface area contributed by atoms with Crippen LogP contribution in [-0.4, -0.2) is 44.9 Å². The fraction of sp³-hybridized carbons (Fsp3) is 0.778. The highest BCUT2D eigenvalue weighted by Gasteiger charge is 2.11. The third-order valence-corrected chi connectivity index (χ3v) is 1.85. The zero-order chi connectivity index (χ0) is 12.4. The molecule has 0 rings (SSSR count). The number of hydrogen-bond donors (Lipinski definition) is 3. The number of ether oxygens (including phenoxy) is 2. The van der Waals surface area contributed by atoms with E-state index in [1.54, 1.807) is 7.11 Å². The van der Waals surface area contributed by atoms with Crippen molar-refractivity contribution in [1.82, 2.24) is 5.32 Å². The van der Waals surface area contributed by atoms with E-state index in [1.807, 2.05) is 0 Å². The van der Waals surface area contributed by atoms with Gasteiger partial charge in [-0.2, -0.15) is 0 Å². The molecule has 0 aliphatic carbocycles. The number of nitrogens with two attached hydrogens (primary N) is 2. The highest BCUT2D eigenvalue weighted by Crippen LogP contribution is 1.94. The SMILES string of the molecule is COCCCC(N)C(=O)NCCOC(N)=O. The molecule has 0 aromatic heterocycles. The van der Waals surface area contributed by atoms with Crippen LogP contribution < -0.4 is 16.8 Å². The van der Waals surface area contributed by atoms with Crippen LogP contribution in [0.4, 0.5) is 4.79 Å². The van der Waals surface area contributed by atoms with E-state index in [1.165, 1.54) is 0 Å². The maximum atomic E-state index is 11.3. The molecule has 7 nitrogen and oxygen atoms in total. The first-order chi connectivity index (χ1) is 7.57. The quantitative estimate of drug-likeness (QED) is 0.462. The first kappa shape index (κ1) is 14.7. The number of hydrogen-bond acceptors (Lipinski definition) is 5. The number of nitrogens with one attached hydrogen (secondary N) is 1. The topological polar surface area (TPSA) is 117 Å². The Balaban J connectivity index is 3.51. The summed E-state index contributed by atoms with van der Waals surface area (Å²) in [5, 5.41) is 2.53. The van der Waals surface area contributed by atoms with Crippen LogP contribution in [0.3, 0.4) is 0 Å². The molecule has 0 aliphatic rings. The Bertz CT molecular complexity index is 223. The largest absolute Gasteiger partial charge is 0.448 e. The van der Waals surface area contributed by atoms with E-state index in [0.29, 0.717) is 13.0 Å². The summed E-state index contributed by atoms with van der Waals surface area (Å²) < 4.78 is 9.27. The molecule has 94 valence electrons. The number of methoxy groups -OCH3 is 1. The molecule has 7 heteroatoms. The number of primary amides is 1. The van der Waals surface area contributed by atoms with E-state index >= 15 is 0 Å². The Hall–Kier alpha value is -1.34. The van der Waals surface area contributed by atoms with Crippen LogP contribution in [0.5, 0.6) is 0 Å². The van der Waals surface area contributed by atoms with Crippen LogP contribution in [0.25, 0.3) is 0 Å². The van der Waals surface area contributed by atoms with Crippen molar-refractivity contribution >= 4 is 12.0 Å². The van der Waals surface area contributed by atoms with E-state index in [4.69, 9.17) is 16.2 Å². The van der Waals surface area contributed by atoms with Gasteiger partial charge < -0.3 is 26.3 Å². The number of amides is 2. The smallest absolute Gasteiger partial charge is 0.404 e. The molecule has 0 aromatic rings. The minimum absolute atomic E-state index is 0.0475. The number of rotatable bonds is 8. The third-order valence-electron chi connectivity index (χ3n) is 1.85. The predicted octanol–water partition coefficient (Wildman–Crippen LogP) is -1.05. The molecule has 0 saturated carbocycles. The summed E-state index contributed by atoms with van der Waals surface area (Å²) in [5.74, 6) is -0.274. The molecule has 0 bridgehead atoms. The van der Waals surface area contributed by atoms with E-state index < -0.39 is 12.1 Å². The highest BCUT2D eigenvalue weighted by molar-refractivity contribution is 5.81. The second kappa shape index (κ2) is 8.93. The van der Waals surface area contributed by atoms with Gasteiger partial charge in [0.15, 0.2) is 0 Å². The minimum atomic E-state index is -0.862. The van der Waals surface area contributed by atoms with Crippen molar-refractivity contribution in [2.45, 2.75) is 18.9 Å². The van der Waals surface area contributed by atoms with Crippen LogP contribution in [0.15, 0.2) is 0 Å². The van der Waals surface area contributed by atoms with Crippen molar-refractivity contribution < 1.29 is 19.1 Å². The maximum absolute atomic E-state index is 11.3. The highest BCUT2D eigenvalue weighted by atomic mass is 16.5. The Morgan fingerprint density at radius 1 is 1.38 bits per heavy atom. The van der Waals surface area contributed by atoms with Crippen LogP contribution in [0.2, 0.25) is 0 Å². The molecule has 1 unspecified atom stereocenters. The van der Waals surface area contributed by atoms with Crippen LogP contribution in [0, 0.1) is 0 Å². The molecule has 0 aliphatic heterocycles. The van der Waals surface area contributed by atoms with Crippen LogP contribution >= 0.6 is 0 Å². The molecule has 0 spiro atoms. The van der Waals surface area contributed by atoms with E-state index in [0.717, 1.165) is 6.42 Å². The molecule has 0 aromatic carbocycles. The molecular formula is C9H19N3O4. The molecule has 5 N–H and O–H groups in total. The molecule has 0 radical (unpaired) electrons. The number of carbonyl (C=O) groups is 2. The summed E-state index contributed by atoms with van der Waals surface area (Å²) in [6, 6.07) is -0.566. The Labute approximate surface area is 94.4 Å². The van der Waals surface area contributed by atoms with Gasteiger partial charge in [0.05, 0.1) is 12.6 Å². The minimum Gasteiger partial charge on any atom is -0.448 e. The third kappa shape index (κ3) is 8.01. The summed E-state index contributed by atoms with van der Waals surface area (Å²) in [7, 11) is 1.59. The van der Waals surface area contributed by atoms with Crippen molar-refractivity contribution in [2.75, 3.05) is 26.9 Å². The lowest BCUT2D eigenvalue weighted by Crippen LogP contribution is -2.42. The zero-order valence-corrected chi connectivity index (χ0v) is 9.40. The van der Waals surface area contributed by atoms with Crippen LogP contribution in [0.1, 0.15) is 12.8 Å². The fourth-order valence-electron chi connectivity index (χ4n) is 1.04. The van der Waals surface area contributed by atoms with Crippen molar-refractivity contribution in [3.63, 3.8) is 0 Å². The van der Waals surface area contributed by atoms with E-state index in [2.05, 4.69) is 10.1 Å². The Morgan fingerprint density at radius 2 is 2.06 bits per heavy atom. The van der Waals surface area contributed by atoms with Crippen LogP contribution in [-0.2, 0) is 14.3 Å². The second-order valence-corrected chi connectivity index (χ2v) is 3.20. The van der Waals surface area contributed by atoms with Crippen molar-refractivity contribution in [3.8, 4) is 0 Å². The van der Waals surface area contributed by atoms with Crippen molar-refractivity contribution in [2.24, 2.45) is 11.5 Å². The fourth-order valence-corrected chi connectivity index (χ4v) is 1.04. The Kier molecular flexibility index (Phi) is 8.18. The summed E-state index contributed by atoms with van der Waals surface area (Å²) in [5.41, 5.74) is 10.3. The van der Waals surface area contributed by atoms with Gasteiger partial charge in [0.2, 0.25) is 5.91 Å². The monoisotopic (exact) mass is 233 g/mol. The first-order valence-corrected chi connectivity index (χ1v) is 5.02. The van der Waals surface area contributed by atoms with Gasteiger partial charge in [-0.25, -0.2) is 4.79 Å². The summed E-state index contributed by atoms with van der Waals surface area (Å²) in [4.78, 5) is 21.5. The normalized spacial score (nSPS) is 11.9. The second-order valence-electron chi connectivity index (χ2n) is 3.20. The van der Waals surface area contributed by atoms with E-state index in [-0.39, 0.29) is 19.1 Å². The summed E-state index contributed by atoms with van der Waals surface area (Å²) >= 11 is 0. The maximum Gasteiger partial charge on any atom is 0.404 e. The predicted molar refractivity (Wildman–Crippen MR) is 57.6 cm³/mol. The van der Waals surface area contributed by atoms with Gasteiger partial charge in [0, 0.05) is 13.7 Å². The molecule has 0 saturated heterocycles. The van der Waals surface area contributed by atoms with Gasteiger partial charge >= 0.3 is 6.09 Å². The first-order valence-electron chi connectivity index (χ1n) is 5.02.